The van der Waals surface area contributed by atoms with Crippen molar-refractivity contribution in [1.29, 1.82) is 0 Å². The molecule has 0 radical (unpaired) electrons. The summed E-state index contributed by atoms with van der Waals surface area (Å²) >= 11 is 5.14. The van der Waals surface area contributed by atoms with Gasteiger partial charge in [0, 0.05) is 28.9 Å². The minimum atomic E-state index is 0. The van der Waals surface area contributed by atoms with Gasteiger partial charge in [0.2, 0.25) is 5.16 Å². The number of hydrogen-bond acceptors (Lipinski definition) is 6. The number of thioether (sulfide) groups is 1. The number of halogens is 2. The molecule has 0 saturated heterocycles. The number of tetrazole rings is 1. The van der Waals surface area contributed by atoms with Gasteiger partial charge >= 0.3 is 0 Å². The summed E-state index contributed by atoms with van der Waals surface area (Å²) in [6.45, 7) is 4.24. The van der Waals surface area contributed by atoms with Crippen LogP contribution in [0, 0.1) is 0 Å². The van der Waals surface area contributed by atoms with E-state index in [1.165, 1.54) is 0 Å². The number of aromatic nitrogens is 4. The molecule has 0 fully saturated rings. The van der Waals surface area contributed by atoms with Gasteiger partial charge in [0.15, 0.2) is 0 Å². The number of nitrogens with one attached hydrogen (secondary N) is 1. The molecule has 0 aliphatic carbocycles. The largest absolute Gasteiger partial charge is 1.00 e. The van der Waals surface area contributed by atoms with Crippen molar-refractivity contribution >= 4 is 27.7 Å². The van der Waals surface area contributed by atoms with E-state index < -0.39 is 0 Å². The second-order valence-corrected chi connectivity index (χ2v) is 7.40. The zero-order valence-corrected chi connectivity index (χ0v) is 18.0. The van der Waals surface area contributed by atoms with Crippen molar-refractivity contribution in [3.63, 3.8) is 0 Å². The fourth-order valence-electron chi connectivity index (χ4n) is 2.42. The summed E-state index contributed by atoms with van der Waals surface area (Å²) in [5.74, 6) is 1.79. The van der Waals surface area contributed by atoms with Crippen LogP contribution in [-0.2, 0) is 6.54 Å². The summed E-state index contributed by atoms with van der Waals surface area (Å²) in [5, 5.41) is 16.2. The lowest BCUT2D eigenvalue weighted by Gasteiger charge is -2.11. The van der Waals surface area contributed by atoms with E-state index in [0.29, 0.717) is 6.61 Å². The van der Waals surface area contributed by atoms with Crippen molar-refractivity contribution in [2.75, 3.05) is 18.9 Å². The molecule has 9 heteroatoms. The highest BCUT2D eigenvalue weighted by atomic mass is 79.9. The van der Waals surface area contributed by atoms with E-state index in [1.54, 1.807) is 16.4 Å². The molecule has 1 aromatic heterocycles. The predicted molar refractivity (Wildman–Crippen MR) is 107 cm³/mol. The summed E-state index contributed by atoms with van der Waals surface area (Å²) in [7, 11) is 0. The lowest BCUT2D eigenvalue weighted by Crippen LogP contribution is -3.00. The number of benzene rings is 2. The predicted octanol–water partition coefficient (Wildman–Crippen LogP) is 0.709. The molecule has 2 aromatic carbocycles. The Bertz CT molecular complexity index is 834. The molecule has 3 rings (SSSR count). The summed E-state index contributed by atoms with van der Waals surface area (Å²) in [6.07, 6.45) is 0. The lowest BCUT2D eigenvalue weighted by atomic mass is 10.2. The summed E-state index contributed by atoms with van der Waals surface area (Å²) in [5.41, 5.74) is 2.10. The van der Waals surface area contributed by atoms with Crippen molar-refractivity contribution in [2.45, 2.75) is 18.6 Å². The average Bonchev–Trinajstić information content (AvgIpc) is 3.13. The first-order chi connectivity index (χ1) is 12.8. The Morgan fingerprint density at radius 3 is 2.78 bits per heavy atom. The Labute approximate surface area is 177 Å². The molecular formula is C18H20BrClN5OS-. The molecule has 144 valence electrons. The number of para-hydroxylation sites is 1. The van der Waals surface area contributed by atoms with Gasteiger partial charge in [-0.05, 0) is 47.7 Å². The monoisotopic (exact) mass is 468 g/mol. The van der Waals surface area contributed by atoms with Crippen molar-refractivity contribution in [1.82, 2.24) is 25.5 Å². The second-order valence-electron chi connectivity index (χ2n) is 5.42. The molecule has 27 heavy (non-hydrogen) atoms. The fourth-order valence-corrected chi connectivity index (χ4v) is 3.62. The number of rotatable bonds is 9. The maximum Gasteiger partial charge on any atom is 0.214 e. The van der Waals surface area contributed by atoms with Crippen molar-refractivity contribution in [3.05, 3.63) is 58.6 Å². The molecule has 6 nitrogen and oxygen atoms in total. The highest BCUT2D eigenvalue weighted by Gasteiger charge is 2.08. The van der Waals surface area contributed by atoms with Crippen LogP contribution in [0.15, 0.2) is 58.2 Å². The second kappa shape index (κ2) is 11.3. The van der Waals surface area contributed by atoms with Crippen LogP contribution in [0.2, 0.25) is 0 Å². The van der Waals surface area contributed by atoms with Crippen LogP contribution in [0.5, 0.6) is 5.75 Å². The topological polar surface area (TPSA) is 64.9 Å². The Kier molecular flexibility index (Phi) is 9.06. The van der Waals surface area contributed by atoms with Gasteiger partial charge < -0.3 is 22.5 Å². The minimum absolute atomic E-state index is 0. The summed E-state index contributed by atoms with van der Waals surface area (Å²) < 4.78 is 8.48. The van der Waals surface area contributed by atoms with Gasteiger partial charge in [0.05, 0.1) is 12.3 Å². The van der Waals surface area contributed by atoms with Gasteiger partial charge in [0.1, 0.15) is 5.75 Å². The van der Waals surface area contributed by atoms with E-state index in [2.05, 4.69) is 42.8 Å². The quantitative estimate of drug-likeness (QED) is 0.368. The Hall–Kier alpha value is -1.61. The third kappa shape index (κ3) is 6.21. The first kappa shape index (κ1) is 21.7. The van der Waals surface area contributed by atoms with Gasteiger partial charge in [0.25, 0.3) is 0 Å². The minimum Gasteiger partial charge on any atom is -1.00 e. The van der Waals surface area contributed by atoms with Gasteiger partial charge in [-0.1, -0.05) is 45.9 Å². The maximum absolute atomic E-state index is 5.68. The SMILES string of the molecule is CCOc1ccc(Br)cc1CNCCSc1nnnn1-c1ccccc1.[Cl-]. The van der Waals surface area contributed by atoms with Crippen molar-refractivity contribution in [2.24, 2.45) is 0 Å². The molecule has 1 N–H and O–H groups in total. The first-order valence-electron chi connectivity index (χ1n) is 8.36. The van der Waals surface area contributed by atoms with E-state index >= 15 is 0 Å². The third-order valence-corrected chi connectivity index (χ3v) is 5.00. The summed E-state index contributed by atoms with van der Waals surface area (Å²) in [4.78, 5) is 0. The Morgan fingerprint density at radius 1 is 1.19 bits per heavy atom. The van der Waals surface area contributed by atoms with Crippen molar-refractivity contribution in [3.8, 4) is 11.4 Å². The van der Waals surface area contributed by atoms with E-state index in [1.807, 2.05) is 49.4 Å². The molecule has 3 aromatic rings. The number of hydrogen-bond donors (Lipinski definition) is 1. The van der Waals surface area contributed by atoms with Crippen LogP contribution in [0.25, 0.3) is 5.69 Å². The average molecular weight is 470 g/mol. The van der Waals surface area contributed by atoms with E-state index in [0.717, 1.165) is 45.5 Å². The van der Waals surface area contributed by atoms with Gasteiger partial charge in [-0.2, -0.15) is 4.68 Å². The van der Waals surface area contributed by atoms with Gasteiger partial charge in [-0.3, -0.25) is 0 Å². The molecule has 0 aliphatic heterocycles. The van der Waals surface area contributed by atoms with Crippen molar-refractivity contribution < 1.29 is 17.1 Å². The Balaban J connectivity index is 0.00000261. The van der Waals surface area contributed by atoms with Crippen LogP contribution >= 0.6 is 27.7 Å². The zero-order valence-electron chi connectivity index (χ0n) is 14.8. The Morgan fingerprint density at radius 2 is 2.00 bits per heavy atom. The molecule has 0 aliphatic rings. The van der Waals surface area contributed by atoms with Crippen LogP contribution < -0.4 is 22.5 Å². The highest BCUT2D eigenvalue weighted by molar-refractivity contribution is 9.10. The third-order valence-electron chi connectivity index (χ3n) is 3.59. The molecule has 1 heterocycles. The van der Waals surface area contributed by atoms with Crippen LogP contribution in [-0.4, -0.2) is 39.1 Å². The molecular weight excluding hydrogens is 450 g/mol. The highest BCUT2D eigenvalue weighted by Crippen LogP contribution is 2.23. The lowest BCUT2D eigenvalue weighted by molar-refractivity contribution is -0.00000581. The zero-order chi connectivity index (χ0) is 18.2. The number of ether oxygens (including phenoxy) is 1. The van der Waals surface area contributed by atoms with Gasteiger partial charge in [-0.25, -0.2) is 0 Å². The maximum atomic E-state index is 5.68. The fraction of sp³-hybridized carbons (Fsp3) is 0.278. The van der Waals surface area contributed by atoms with Crippen LogP contribution in [0.1, 0.15) is 12.5 Å². The molecule has 0 bridgehead atoms. The molecule has 0 unspecified atom stereocenters. The van der Waals surface area contributed by atoms with E-state index in [4.69, 9.17) is 4.74 Å². The molecule has 0 amide bonds. The standard InChI is InChI=1S/C18H20BrN5OS.ClH/c1-2-25-17-9-8-15(19)12-14(17)13-20-10-11-26-18-21-22-23-24(18)16-6-4-3-5-7-16;/h3-9,12,20H,2,10-11,13H2,1H3;1H/p-1. The smallest absolute Gasteiger partial charge is 0.214 e. The van der Waals surface area contributed by atoms with Crippen LogP contribution in [0.3, 0.4) is 0 Å². The first-order valence-corrected chi connectivity index (χ1v) is 10.1. The molecule has 0 saturated carbocycles. The molecule has 0 spiro atoms. The summed E-state index contributed by atoms with van der Waals surface area (Å²) in [6, 6.07) is 16.0. The molecule has 0 atom stereocenters. The van der Waals surface area contributed by atoms with Gasteiger partial charge in [-0.15, -0.1) is 5.10 Å². The van der Waals surface area contributed by atoms with E-state index in [9.17, 15) is 0 Å². The van der Waals surface area contributed by atoms with Crippen LogP contribution in [0.4, 0.5) is 0 Å². The van der Waals surface area contributed by atoms with E-state index in [-0.39, 0.29) is 12.4 Å². The number of nitrogens with zero attached hydrogens (tertiary/aromatic N) is 4. The normalized spacial score (nSPS) is 10.4.